The van der Waals surface area contributed by atoms with E-state index in [4.69, 9.17) is 5.73 Å². The fourth-order valence-electron chi connectivity index (χ4n) is 1.53. The maximum absolute atomic E-state index is 12.5. The van der Waals surface area contributed by atoms with E-state index in [0.29, 0.717) is 12.1 Å². The van der Waals surface area contributed by atoms with Crippen molar-refractivity contribution in [2.75, 3.05) is 6.54 Å². The Bertz CT molecular complexity index is 361. The summed E-state index contributed by atoms with van der Waals surface area (Å²) < 4.78 is 75.2. The predicted octanol–water partition coefficient (Wildman–Crippen LogP) is 3.23. The number of benzene rings is 1. The minimum absolute atomic E-state index is 0.282. The molecule has 0 bridgehead atoms. The van der Waals surface area contributed by atoms with Crippen LogP contribution in [0.5, 0.6) is 0 Å². The zero-order valence-electron chi connectivity index (χ0n) is 8.49. The predicted molar refractivity (Wildman–Crippen MR) is 49.2 cm³/mol. The summed E-state index contributed by atoms with van der Waals surface area (Å²) in [5.74, 6) is 0. The lowest BCUT2D eigenvalue weighted by atomic mass is 9.97. The monoisotopic (exact) mass is 257 g/mol. The summed E-state index contributed by atoms with van der Waals surface area (Å²) >= 11 is 0. The first-order valence-electron chi connectivity index (χ1n) is 4.64. The molecule has 7 heteroatoms. The van der Waals surface area contributed by atoms with E-state index in [9.17, 15) is 26.3 Å². The highest BCUT2D eigenvalue weighted by atomic mass is 19.4. The summed E-state index contributed by atoms with van der Waals surface area (Å²) in [6, 6.07) is 1.99. The normalized spacial score (nSPS) is 12.9. The average Bonchev–Trinajstić information content (AvgIpc) is 2.15. The van der Waals surface area contributed by atoms with E-state index in [0.717, 1.165) is 6.07 Å². The molecule has 1 rings (SSSR count). The van der Waals surface area contributed by atoms with E-state index in [-0.39, 0.29) is 6.54 Å². The first-order chi connectivity index (χ1) is 7.68. The molecule has 0 aliphatic heterocycles. The van der Waals surface area contributed by atoms with Crippen LogP contribution < -0.4 is 5.73 Å². The molecule has 0 fully saturated rings. The van der Waals surface area contributed by atoms with Crippen molar-refractivity contribution < 1.29 is 26.3 Å². The van der Waals surface area contributed by atoms with Crippen LogP contribution in [0.2, 0.25) is 0 Å². The number of hydrogen-bond acceptors (Lipinski definition) is 1. The molecule has 1 aromatic rings. The van der Waals surface area contributed by atoms with Crippen LogP contribution in [0.3, 0.4) is 0 Å². The Balaban J connectivity index is 3.43. The molecule has 96 valence electrons. The minimum atomic E-state index is -4.81. The average molecular weight is 257 g/mol. The molecule has 0 aliphatic carbocycles. The van der Waals surface area contributed by atoms with Crippen molar-refractivity contribution in [2.45, 2.75) is 18.8 Å². The lowest BCUT2D eigenvalue weighted by molar-refractivity contribution is -0.144. The summed E-state index contributed by atoms with van der Waals surface area (Å²) in [6.07, 6.45) is -10.1. The highest BCUT2D eigenvalue weighted by Gasteiger charge is 2.39. The van der Waals surface area contributed by atoms with E-state index in [1.54, 1.807) is 0 Å². The summed E-state index contributed by atoms with van der Waals surface area (Å²) in [7, 11) is 0. The van der Waals surface area contributed by atoms with Crippen LogP contribution in [0, 0.1) is 0 Å². The van der Waals surface area contributed by atoms with Crippen LogP contribution in [0.15, 0.2) is 18.2 Å². The fraction of sp³-hybridized carbons (Fsp3) is 0.400. The third-order valence-corrected chi connectivity index (χ3v) is 2.18. The Morgan fingerprint density at radius 3 is 1.59 bits per heavy atom. The molecule has 17 heavy (non-hydrogen) atoms. The highest BCUT2D eigenvalue weighted by Crippen LogP contribution is 2.39. The fourth-order valence-corrected chi connectivity index (χ4v) is 1.53. The van der Waals surface area contributed by atoms with Gasteiger partial charge in [-0.25, -0.2) is 0 Å². The number of nitrogens with two attached hydrogens (primary N) is 1. The van der Waals surface area contributed by atoms with Crippen LogP contribution in [0.4, 0.5) is 26.3 Å². The lowest BCUT2D eigenvalue weighted by Gasteiger charge is -2.18. The van der Waals surface area contributed by atoms with Crippen molar-refractivity contribution >= 4 is 0 Å². The molecule has 0 atom stereocenters. The van der Waals surface area contributed by atoms with Crippen LogP contribution >= 0.6 is 0 Å². The minimum Gasteiger partial charge on any atom is -0.330 e. The molecule has 0 heterocycles. The van der Waals surface area contributed by atoms with Crippen molar-refractivity contribution in [1.29, 1.82) is 0 Å². The van der Waals surface area contributed by atoms with Gasteiger partial charge in [-0.05, 0) is 30.7 Å². The third-order valence-electron chi connectivity index (χ3n) is 2.18. The second kappa shape index (κ2) is 4.56. The van der Waals surface area contributed by atoms with E-state index in [1.807, 2.05) is 0 Å². The summed E-state index contributed by atoms with van der Waals surface area (Å²) in [4.78, 5) is 0. The Kier molecular flexibility index (Phi) is 3.71. The molecular formula is C10H9F6N. The van der Waals surface area contributed by atoms with E-state index in [1.165, 1.54) is 0 Å². The van der Waals surface area contributed by atoms with Gasteiger partial charge in [0.15, 0.2) is 0 Å². The second-order valence-electron chi connectivity index (χ2n) is 3.37. The number of halogens is 6. The quantitative estimate of drug-likeness (QED) is 0.809. The van der Waals surface area contributed by atoms with Crippen LogP contribution in [0.1, 0.15) is 16.7 Å². The summed E-state index contributed by atoms with van der Waals surface area (Å²) in [5, 5.41) is 0. The second-order valence-corrected chi connectivity index (χ2v) is 3.37. The molecule has 0 spiro atoms. The van der Waals surface area contributed by atoms with E-state index >= 15 is 0 Å². The van der Waals surface area contributed by atoms with Gasteiger partial charge in [0.05, 0.1) is 11.1 Å². The van der Waals surface area contributed by atoms with Gasteiger partial charge in [-0.15, -0.1) is 0 Å². The molecule has 0 amide bonds. The SMILES string of the molecule is NCCc1c(C(F)(F)F)cccc1C(F)(F)F. The molecule has 2 N–H and O–H groups in total. The molecule has 0 unspecified atom stereocenters. The molecule has 0 saturated carbocycles. The van der Waals surface area contributed by atoms with Crippen molar-refractivity contribution in [3.05, 3.63) is 34.9 Å². The third kappa shape index (κ3) is 3.12. The van der Waals surface area contributed by atoms with Gasteiger partial charge in [0, 0.05) is 0 Å². The molecule has 1 aromatic carbocycles. The van der Waals surface area contributed by atoms with Gasteiger partial charge < -0.3 is 5.73 Å². The standard InChI is InChI=1S/C10H9F6N/c11-9(12,13)7-2-1-3-8(10(14,15)16)6(7)4-5-17/h1-3H,4-5,17H2. The molecule has 0 saturated heterocycles. The van der Waals surface area contributed by atoms with E-state index < -0.39 is 35.5 Å². The van der Waals surface area contributed by atoms with Crippen molar-refractivity contribution in [3.8, 4) is 0 Å². The van der Waals surface area contributed by atoms with E-state index in [2.05, 4.69) is 0 Å². The molecule has 1 nitrogen and oxygen atoms in total. The smallest absolute Gasteiger partial charge is 0.330 e. The topological polar surface area (TPSA) is 26.0 Å². The van der Waals surface area contributed by atoms with Gasteiger partial charge in [-0.1, -0.05) is 6.07 Å². The zero-order chi connectivity index (χ0) is 13.3. The molecular weight excluding hydrogens is 248 g/mol. The Labute approximate surface area is 93.2 Å². The van der Waals surface area contributed by atoms with Gasteiger partial charge in [-0.3, -0.25) is 0 Å². The summed E-state index contributed by atoms with van der Waals surface area (Å²) in [5.41, 5.74) is 1.69. The number of hydrogen-bond donors (Lipinski definition) is 1. The number of rotatable bonds is 2. The van der Waals surface area contributed by atoms with Gasteiger partial charge in [0.25, 0.3) is 0 Å². The van der Waals surface area contributed by atoms with Gasteiger partial charge in [-0.2, -0.15) is 26.3 Å². The zero-order valence-corrected chi connectivity index (χ0v) is 8.49. The van der Waals surface area contributed by atoms with Crippen molar-refractivity contribution in [1.82, 2.24) is 0 Å². The first-order valence-corrected chi connectivity index (χ1v) is 4.64. The largest absolute Gasteiger partial charge is 0.416 e. The van der Waals surface area contributed by atoms with Gasteiger partial charge >= 0.3 is 12.4 Å². The first kappa shape index (κ1) is 13.8. The molecule has 0 radical (unpaired) electrons. The Morgan fingerprint density at radius 1 is 0.882 bits per heavy atom. The molecule has 0 aliphatic rings. The van der Waals surface area contributed by atoms with Gasteiger partial charge in [0.2, 0.25) is 0 Å². The molecule has 0 aromatic heterocycles. The number of alkyl halides is 6. The van der Waals surface area contributed by atoms with Crippen LogP contribution in [0.25, 0.3) is 0 Å². The van der Waals surface area contributed by atoms with Crippen molar-refractivity contribution in [2.24, 2.45) is 5.73 Å². The van der Waals surface area contributed by atoms with Gasteiger partial charge in [0.1, 0.15) is 0 Å². The Hall–Kier alpha value is -1.24. The summed E-state index contributed by atoms with van der Waals surface area (Å²) in [6.45, 7) is -0.282. The van der Waals surface area contributed by atoms with Crippen molar-refractivity contribution in [3.63, 3.8) is 0 Å². The van der Waals surface area contributed by atoms with Crippen LogP contribution in [-0.4, -0.2) is 6.54 Å². The maximum atomic E-state index is 12.5. The van der Waals surface area contributed by atoms with Crippen LogP contribution in [-0.2, 0) is 18.8 Å². The Morgan fingerprint density at radius 2 is 1.29 bits per heavy atom. The maximum Gasteiger partial charge on any atom is 0.416 e. The lowest BCUT2D eigenvalue weighted by Crippen LogP contribution is -2.18. The highest BCUT2D eigenvalue weighted by molar-refractivity contribution is 5.39.